The van der Waals surface area contributed by atoms with Crippen LogP contribution in [-0.2, 0) is 6.54 Å². The van der Waals surface area contributed by atoms with E-state index >= 15 is 0 Å². The number of nitrogens with one attached hydrogen (secondary N) is 1. The zero-order valence-corrected chi connectivity index (χ0v) is 12.4. The van der Waals surface area contributed by atoms with Crippen molar-refractivity contribution < 1.29 is 0 Å². The highest BCUT2D eigenvalue weighted by atomic mass is 79.9. The first kappa shape index (κ1) is 13.4. The van der Waals surface area contributed by atoms with Gasteiger partial charge in [0, 0.05) is 16.0 Å². The first-order chi connectivity index (χ1) is 8.25. The summed E-state index contributed by atoms with van der Waals surface area (Å²) in [4.78, 5) is 0. The van der Waals surface area contributed by atoms with Crippen LogP contribution < -0.4 is 5.32 Å². The van der Waals surface area contributed by atoms with Crippen molar-refractivity contribution in [1.82, 2.24) is 5.32 Å². The predicted octanol–water partition coefficient (Wildman–Crippen LogP) is 4.77. The Morgan fingerprint density at radius 2 is 2.06 bits per heavy atom. The molecular formula is C14H19BrClN. The van der Waals surface area contributed by atoms with Crippen LogP contribution in [-0.4, -0.2) is 6.54 Å². The van der Waals surface area contributed by atoms with Crippen molar-refractivity contribution in [1.29, 1.82) is 0 Å². The Morgan fingerprint density at radius 1 is 1.29 bits per heavy atom. The molecule has 1 saturated carbocycles. The highest BCUT2D eigenvalue weighted by molar-refractivity contribution is 9.10. The van der Waals surface area contributed by atoms with Gasteiger partial charge in [-0.1, -0.05) is 59.3 Å². The van der Waals surface area contributed by atoms with Crippen LogP contribution in [0.1, 0.15) is 37.7 Å². The van der Waals surface area contributed by atoms with E-state index in [9.17, 15) is 0 Å². The van der Waals surface area contributed by atoms with Gasteiger partial charge in [-0.05, 0) is 36.6 Å². The average Bonchev–Trinajstić information content (AvgIpc) is 2.79. The minimum atomic E-state index is 0.841. The second-order valence-electron chi connectivity index (χ2n) is 4.85. The molecule has 0 spiro atoms. The summed E-state index contributed by atoms with van der Waals surface area (Å²) in [7, 11) is 0. The van der Waals surface area contributed by atoms with E-state index in [1.54, 1.807) is 0 Å². The van der Waals surface area contributed by atoms with Gasteiger partial charge in [-0.25, -0.2) is 0 Å². The summed E-state index contributed by atoms with van der Waals surface area (Å²) in [5, 5.41) is 4.33. The van der Waals surface area contributed by atoms with Gasteiger partial charge < -0.3 is 5.32 Å². The molecule has 1 aliphatic carbocycles. The van der Waals surface area contributed by atoms with Crippen molar-refractivity contribution in [3.05, 3.63) is 33.3 Å². The lowest BCUT2D eigenvalue weighted by Gasteiger charge is -2.10. The van der Waals surface area contributed by atoms with Crippen LogP contribution in [0.2, 0.25) is 5.02 Å². The lowest BCUT2D eigenvalue weighted by molar-refractivity contribution is 0.477. The molecule has 0 unspecified atom stereocenters. The van der Waals surface area contributed by atoms with E-state index in [-0.39, 0.29) is 0 Å². The quantitative estimate of drug-likeness (QED) is 0.771. The Morgan fingerprint density at radius 3 is 2.76 bits per heavy atom. The van der Waals surface area contributed by atoms with Crippen molar-refractivity contribution in [2.75, 3.05) is 6.54 Å². The summed E-state index contributed by atoms with van der Waals surface area (Å²) in [5.74, 6) is 0.961. The van der Waals surface area contributed by atoms with Gasteiger partial charge in [0.1, 0.15) is 0 Å². The first-order valence-corrected chi connectivity index (χ1v) is 7.57. The van der Waals surface area contributed by atoms with E-state index in [0.717, 1.165) is 28.5 Å². The zero-order chi connectivity index (χ0) is 12.1. The van der Waals surface area contributed by atoms with Gasteiger partial charge in [-0.15, -0.1) is 0 Å². The third kappa shape index (κ3) is 4.27. The molecule has 1 fully saturated rings. The highest BCUT2D eigenvalue weighted by Crippen LogP contribution is 2.27. The topological polar surface area (TPSA) is 12.0 Å². The van der Waals surface area contributed by atoms with Gasteiger partial charge in [-0.2, -0.15) is 0 Å². The van der Waals surface area contributed by atoms with Crippen LogP contribution in [0, 0.1) is 5.92 Å². The minimum absolute atomic E-state index is 0.841. The SMILES string of the molecule is Clc1cc(Br)ccc1CNCCC1CCCC1. The lowest BCUT2D eigenvalue weighted by Crippen LogP contribution is -2.17. The van der Waals surface area contributed by atoms with E-state index in [1.165, 1.54) is 37.7 Å². The molecule has 94 valence electrons. The van der Waals surface area contributed by atoms with Gasteiger partial charge in [0.15, 0.2) is 0 Å². The summed E-state index contributed by atoms with van der Waals surface area (Å²) in [5.41, 5.74) is 1.18. The van der Waals surface area contributed by atoms with Crippen molar-refractivity contribution in [2.45, 2.75) is 38.6 Å². The van der Waals surface area contributed by atoms with E-state index in [1.807, 2.05) is 12.1 Å². The normalized spacial score (nSPS) is 16.6. The molecule has 1 aliphatic rings. The van der Waals surface area contributed by atoms with Gasteiger partial charge >= 0.3 is 0 Å². The van der Waals surface area contributed by atoms with Gasteiger partial charge in [0.25, 0.3) is 0 Å². The fourth-order valence-electron chi connectivity index (χ4n) is 2.49. The van der Waals surface area contributed by atoms with Crippen LogP contribution in [0.15, 0.2) is 22.7 Å². The monoisotopic (exact) mass is 315 g/mol. The molecule has 0 saturated heterocycles. The molecule has 1 nitrogen and oxygen atoms in total. The van der Waals surface area contributed by atoms with Crippen LogP contribution in [0.4, 0.5) is 0 Å². The van der Waals surface area contributed by atoms with Gasteiger partial charge in [0.05, 0.1) is 0 Å². The molecule has 17 heavy (non-hydrogen) atoms. The number of benzene rings is 1. The minimum Gasteiger partial charge on any atom is -0.313 e. The zero-order valence-electron chi connectivity index (χ0n) is 10.0. The number of rotatable bonds is 5. The summed E-state index contributed by atoms with van der Waals surface area (Å²) < 4.78 is 1.04. The van der Waals surface area contributed by atoms with Crippen LogP contribution in [0.3, 0.4) is 0 Å². The molecule has 1 aromatic rings. The van der Waals surface area contributed by atoms with E-state index in [4.69, 9.17) is 11.6 Å². The molecule has 0 aromatic heterocycles. The number of hydrogen-bond donors (Lipinski definition) is 1. The molecule has 0 aliphatic heterocycles. The Kier molecular flexibility index (Phi) is 5.33. The molecule has 0 radical (unpaired) electrons. The molecule has 2 rings (SSSR count). The molecular weight excluding hydrogens is 298 g/mol. The first-order valence-electron chi connectivity index (χ1n) is 6.40. The fraction of sp³-hybridized carbons (Fsp3) is 0.571. The summed E-state index contributed by atoms with van der Waals surface area (Å²) >= 11 is 9.58. The molecule has 1 aromatic carbocycles. The third-order valence-corrected chi connectivity index (χ3v) is 4.38. The Hall–Kier alpha value is -0.0500. The maximum atomic E-state index is 6.17. The van der Waals surface area contributed by atoms with Crippen molar-refractivity contribution in [3.63, 3.8) is 0 Å². The Labute approximate surface area is 117 Å². The molecule has 0 heterocycles. The maximum absolute atomic E-state index is 6.17. The van der Waals surface area contributed by atoms with Gasteiger partial charge in [-0.3, -0.25) is 0 Å². The van der Waals surface area contributed by atoms with Crippen LogP contribution in [0.25, 0.3) is 0 Å². The third-order valence-electron chi connectivity index (χ3n) is 3.53. The lowest BCUT2D eigenvalue weighted by atomic mass is 10.0. The van der Waals surface area contributed by atoms with Crippen molar-refractivity contribution >= 4 is 27.5 Å². The van der Waals surface area contributed by atoms with E-state index in [2.05, 4.69) is 27.3 Å². The van der Waals surface area contributed by atoms with Gasteiger partial charge in [0.2, 0.25) is 0 Å². The van der Waals surface area contributed by atoms with Crippen LogP contribution >= 0.6 is 27.5 Å². The molecule has 0 atom stereocenters. The molecule has 0 amide bonds. The standard InChI is InChI=1S/C14H19BrClN/c15-13-6-5-12(14(16)9-13)10-17-8-7-11-3-1-2-4-11/h5-6,9,11,17H,1-4,7-8,10H2. The van der Waals surface area contributed by atoms with Crippen LogP contribution in [0.5, 0.6) is 0 Å². The van der Waals surface area contributed by atoms with E-state index in [0.29, 0.717) is 0 Å². The fourth-order valence-corrected chi connectivity index (χ4v) is 3.23. The molecule has 3 heteroatoms. The molecule has 1 N–H and O–H groups in total. The largest absolute Gasteiger partial charge is 0.313 e. The maximum Gasteiger partial charge on any atom is 0.0462 e. The smallest absolute Gasteiger partial charge is 0.0462 e. The number of halogens is 2. The predicted molar refractivity (Wildman–Crippen MR) is 77.4 cm³/mol. The molecule has 0 bridgehead atoms. The number of hydrogen-bond acceptors (Lipinski definition) is 1. The second-order valence-corrected chi connectivity index (χ2v) is 6.17. The Bertz CT molecular complexity index is 361. The summed E-state index contributed by atoms with van der Waals surface area (Å²) in [6, 6.07) is 6.07. The van der Waals surface area contributed by atoms with E-state index < -0.39 is 0 Å². The summed E-state index contributed by atoms with van der Waals surface area (Å²) in [6.07, 6.45) is 7.04. The van der Waals surface area contributed by atoms with Crippen molar-refractivity contribution in [3.8, 4) is 0 Å². The Balaban J connectivity index is 1.70. The highest BCUT2D eigenvalue weighted by Gasteiger charge is 2.13. The summed E-state index contributed by atoms with van der Waals surface area (Å²) in [6.45, 7) is 1.98. The second kappa shape index (κ2) is 6.77. The van der Waals surface area contributed by atoms with Crippen molar-refractivity contribution in [2.24, 2.45) is 5.92 Å². The average molecular weight is 317 g/mol.